The van der Waals surface area contributed by atoms with Crippen molar-refractivity contribution in [3.05, 3.63) is 11.6 Å². The van der Waals surface area contributed by atoms with E-state index in [2.05, 4.69) is 33.5 Å². The average molecular weight is 251 g/mol. The molecule has 3 rings (SSSR count). The molecule has 0 saturated carbocycles. The monoisotopic (exact) mass is 251 g/mol. The molecule has 3 heterocycles. The van der Waals surface area contributed by atoms with Gasteiger partial charge in [-0.3, -0.25) is 0 Å². The molecule has 0 aromatic carbocycles. The zero-order chi connectivity index (χ0) is 11.7. The average Bonchev–Trinajstić information content (AvgIpc) is 2.75. The Hall–Kier alpha value is -0.510. The lowest BCUT2D eigenvalue weighted by Gasteiger charge is -2.25. The van der Waals surface area contributed by atoms with Crippen LogP contribution in [0.15, 0.2) is 0 Å². The quantitative estimate of drug-likeness (QED) is 0.810. The molecule has 1 aromatic rings. The molecule has 3 nitrogen and oxygen atoms in total. The van der Waals surface area contributed by atoms with Gasteiger partial charge in [0, 0.05) is 18.9 Å². The molecule has 4 heteroatoms. The van der Waals surface area contributed by atoms with Gasteiger partial charge in [-0.25, -0.2) is 0 Å². The van der Waals surface area contributed by atoms with E-state index in [9.17, 15) is 0 Å². The minimum absolute atomic E-state index is 0.613. The van der Waals surface area contributed by atoms with Crippen LogP contribution in [0.1, 0.15) is 50.3 Å². The lowest BCUT2D eigenvalue weighted by atomic mass is 9.97. The first-order chi connectivity index (χ1) is 8.34. The molecular weight excluding hydrogens is 230 g/mol. The van der Waals surface area contributed by atoms with Crippen molar-refractivity contribution in [1.29, 1.82) is 0 Å². The van der Waals surface area contributed by atoms with E-state index in [4.69, 9.17) is 0 Å². The summed E-state index contributed by atoms with van der Waals surface area (Å²) in [6, 6.07) is 0.613. The molecule has 17 heavy (non-hydrogen) atoms. The van der Waals surface area contributed by atoms with Crippen molar-refractivity contribution in [1.82, 2.24) is 14.8 Å². The Morgan fingerprint density at radius 3 is 2.88 bits per heavy atom. The molecule has 0 N–H and O–H groups in total. The molecule has 2 aliphatic heterocycles. The fourth-order valence-corrected chi connectivity index (χ4v) is 4.28. The van der Waals surface area contributed by atoms with Gasteiger partial charge in [-0.05, 0) is 50.0 Å². The Morgan fingerprint density at radius 2 is 2.06 bits per heavy atom. The normalized spacial score (nSPS) is 25.8. The summed E-state index contributed by atoms with van der Waals surface area (Å²) in [5.41, 5.74) is 0. The van der Waals surface area contributed by atoms with Gasteiger partial charge in [0.15, 0.2) is 0 Å². The molecule has 0 radical (unpaired) electrons. The highest BCUT2D eigenvalue weighted by Crippen LogP contribution is 2.29. The number of aryl methyl sites for hydroxylation is 1. The van der Waals surface area contributed by atoms with Crippen molar-refractivity contribution < 1.29 is 0 Å². The van der Waals surface area contributed by atoms with Crippen LogP contribution in [-0.4, -0.2) is 26.3 Å². The lowest BCUT2D eigenvalue weighted by Crippen LogP contribution is -2.20. The van der Waals surface area contributed by atoms with Crippen molar-refractivity contribution >= 4 is 11.8 Å². The Morgan fingerprint density at radius 1 is 1.24 bits per heavy atom. The third-order valence-electron chi connectivity index (χ3n) is 4.11. The molecule has 1 fully saturated rings. The molecule has 0 amide bonds. The molecular formula is C13H21N3S. The van der Waals surface area contributed by atoms with Crippen LogP contribution in [-0.2, 0) is 12.8 Å². The van der Waals surface area contributed by atoms with E-state index in [-0.39, 0.29) is 0 Å². The number of fused-ring (bicyclic) bond motifs is 1. The van der Waals surface area contributed by atoms with Gasteiger partial charge in [0.1, 0.15) is 11.6 Å². The van der Waals surface area contributed by atoms with Crippen LogP contribution in [0.2, 0.25) is 0 Å². The molecule has 1 atom stereocenters. The molecule has 1 aromatic heterocycles. The van der Waals surface area contributed by atoms with Crippen LogP contribution in [0.3, 0.4) is 0 Å². The molecule has 1 saturated heterocycles. The van der Waals surface area contributed by atoms with Gasteiger partial charge in [0.2, 0.25) is 0 Å². The summed E-state index contributed by atoms with van der Waals surface area (Å²) in [5.74, 6) is 5.99. The third kappa shape index (κ3) is 2.37. The SMILES string of the molecule is CC1CCCc2nnc(CC3CCSCC3)n21. The van der Waals surface area contributed by atoms with Crippen LogP contribution >= 0.6 is 11.8 Å². The maximum Gasteiger partial charge on any atom is 0.133 e. The summed E-state index contributed by atoms with van der Waals surface area (Å²) in [6.07, 6.45) is 7.57. The lowest BCUT2D eigenvalue weighted by molar-refractivity contribution is 0.394. The van der Waals surface area contributed by atoms with Crippen molar-refractivity contribution in [2.75, 3.05) is 11.5 Å². The number of rotatable bonds is 2. The van der Waals surface area contributed by atoms with E-state index in [1.807, 2.05) is 0 Å². The highest BCUT2D eigenvalue weighted by atomic mass is 32.2. The second-order valence-corrected chi connectivity index (χ2v) is 6.63. The first-order valence-corrected chi connectivity index (χ1v) is 8.00. The topological polar surface area (TPSA) is 30.7 Å². The number of aromatic nitrogens is 3. The summed E-state index contributed by atoms with van der Waals surface area (Å²) in [7, 11) is 0. The summed E-state index contributed by atoms with van der Waals surface area (Å²) in [5, 5.41) is 8.83. The number of thioether (sulfide) groups is 1. The molecule has 94 valence electrons. The van der Waals surface area contributed by atoms with Gasteiger partial charge in [-0.15, -0.1) is 10.2 Å². The highest BCUT2D eigenvalue weighted by molar-refractivity contribution is 7.99. The fraction of sp³-hybridized carbons (Fsp3) is 0.846. The zero-order valence-corrected chi connectivity index (χ0v) is 11.4. The molecule has 0 aliphatic carbocycles. The van der Waals surface area contributed by atoms with E-state index in [0.717, 1.165) is 18.8 Å². The Labute approximate surface area is 107 Å². The van der Waals surface area contributed by atoms with E-state index in [1.54, 1.807) is 0 Å². The van der Waals surface area contributed by atoms with Crippen LogP contribution in [0.5, 0.6) is 0 Å². The van der Waals surface area contributed by atoms with Gasteiger partial charge < -0.3 is 4.57 Å². The summed E-state index contributed by atoms with van der Waals surface area (Å²) < 4.78 is 2.42. The van der Waals surface area contributed by atoms with Gasteiger partial charge in [0.05, 0.1) is 0 Å². The first-order valence-electron chi connectivity index (χ1n) is 6.85. The Balaban J connectivity index is 1.76. The van der Waals surface area contributed by atoms with Crippen LogP contribution in [0, 0.1) is 5.92 Å². The van der Waals surface area contributed by atoms with Crippen molar-refractivity contribution in [2.24, 2.45) is 5.92 Å². The number of nitrogens with zero attached hydrogens (tertiary/aromatic N) is 3. The second kappa shape index (κ2) is 5.01. The van der Waals surface area contributed by atoms with E-state index in [0.29, 0.717) is 6.04 Å². The summed E-state index contributed by atoms with van der Waals surface area (Å²) >= 11 is 2.10. The molecule has 0 bridgehead atoms. The minimum atomic E-state index is 0.613. The van der Waals surface area contributed by atoms with Crippen LogP contribution in [0.4, 0.5) is 0 Å². The highest BCUT2D eigenvalue weighted by Gasteiger charge is 2.24. The molecule has 0 spiro atoms. The van der Waals surface area contributed by atoms with Crippen molar-refractivity contribution in [2.45, 2.75) is 51.5 Å². The standard InChI is InChI=1S/C13H21N3S/c1-10-3-2-4-12-14-15-13(16(10)12)9-11-5-7-17-8-6-11/h10-11H,2-9H2,1H3. The fourth-order valence-electron chi connectivity index (χ4n) is 3.07. The zero-order valence-electron chi connectivity index (χ0n) is 10.6. The largest absolute Gasteiger partial charge is 0.312 e. The van der Waals surface area contributed by atoms with Gasteiger partial charge in [-0.1, -0.05) is 0 Å². The smallest absolute Gasteiger partial charge is 0.133 e. The van der Waals surface area contributed by atoms with Crippen LogP contribution < -0.4 is 0 Å². The van der Waals surface area contributed by atoms with Gasteiger partial charge in [-0.2, -0.15) is 11.8 Å². The predicted molar refractivity (Wildman–Crippen MR) is 71.4 cm³/mol. The first kappa shape index (κ1) is 11.6. The third-order valence-corrected chi connectivity index (χ3v) is 5.16. The van der Waals surface area contributed by atoms with Crippen molar-refractivity contribution in [3.63, 3.8) is 0 Å². The Bertz CT molecular complexity index is 382. The second-order valence-electron chi connectivity index (χ2n) is 5.40. The van der Waals surface area contributed by atoms with E-state index in [1.165, 1.54) is 48.8 Å². The van der Waals surface area contributed by atoms with Crippen molar-refractivity contribution in [3.8, 4) is 0 Å². The van der Waals surface area contributed by atoms with E-state index >= 15 is 0 Å². The maximum absolute atomic E-state index is 4.45. The Kier molecular flexibility index (Phi) is 3.41. The summed E-state index contributed by atoms with van der Waals surface area (Å²) in [6.45, 7) is 2.31. The van der Waals surface area contributed by atoms with Crippen LogP contribution in [0.25, 0.3) is 0 Å². The number of hydrogen-bond acceptors (Lipinski definition) is 3. The predicted octanol–water partition coefficient (Wildman–Crippen LogP) is 2.86. The number of hydrogen-bond donors (Lipinski definition) is 0. The maximum atomic E-state index is 4.45. The van der Waals surface area contributed by atoms with Gasteiger partial charge in [0.25, 0.3) is 0 Å². The summed E-state index contributed by atoms with van der Waals surface area (Å²) in [4.78, 5) is 0. The van der Waals surface area contributed by atoms with E-state index < -0.39 is 0 Å². The van der Waals surface area contributed by atoms with Gasteiger partial charge >= 0.3 is 0 Å². The molecule has 1 unspecified atom stereocenters. The minimum Gasteiger partial charge on any atom is -0.312 e. The molecule has 2 aliphatic rings.